The van der Waals surface area contributed by atoms with Gasteiger partial charge in [-0.25, -0.2) is 5.48 Å². The molecule has 0 atom stereocenters. The Bertz CT molecular complexity index is 1150. The lowest BCUT2D eigenvalue weighted by Crippen LogP contribution is -2.32. The number of nitrogens with one attached hydrogen (secondary N) is 1. The first kappa shape index (κ1) is 42.9. The van der Waals surface area contributed by atoms with Crippen LogP contribution in [0.25, 0.3) is 0 Å². The van der Waals surface area contributed by atoms with Crippen LogP contribution in [0, 0.1) is 0 Å². The number of hydrogen-bond donors (Lipinski definition) is 2. The van der Waals surface area contributed by atoms with E-state index in [0.717, 1.165) is 31.3 Å². The summed E-state index contributed by atoms with van der Waals surface area (Å²) in [4.78, 5) is 64.3. The van der Waals surface area contributed by atoms with Gasteiger partial charge in [0.25, 0.3) is 23.6 Å². The van der Waals surface area contributed by atoms with Gasteiger partial charge in [-0.3, -0.25) is 29.0 Å². The van der Waals surface area contributed by atoms with Crippen LogP contribution in [0.4, 0.5) is 0 Å². The number of nitrogens with zero attached hydrogens (tertiary/aromatic N) is 4. The Labute approximate surface area is 281 Å². The fraction of sp³-hybridized carbons (Fsp3) is 0.500. The molecule has 3 N–H and O–H groups in total. The number of carbonyl (C=O) groups is 4. The van der Waals surface area contributed by atoms with E-state index in [9.17, 15) is 19.2 Å². The summed E-state index contributed by atoms with van der Waals surface area (Å²) in [6.45, 7) is 3.21. The molecule has 0 radical (unpaired) electrons. The standard InChI is InChI=1S/C13H16N2O3.C11H10BrNO2.C5H14N2O.C2H7NO.CH4/c1-14(18-2)8-5-9-15-12(16)10-6-3-4-7-11(10)13(15)17;12-6-3-7-13-10(14)8-4-1-2-5-9(8)11(13)15;1-7(8-2)5-3-4-6;1-3-4-2;/h3-4,6-7H,5,8-9H2,1-2H3;1-2,4-5H,3,6-7H2;3-6H2,1-2H3;3H,1-2H3;1H4. The molecule has 4 amide bonds. The van der Waals surface area contributed by atoms with E-state index in [2.05, 4.69) is 26.2 Å². The summed E-state index contributed by atoms with van der Waals surface area (Å²) in [5.74, 6) is -0.737. The van der Waals surface area contributed by atoms with Crippen LogP contribution in [-0.4, -0.2) is 124 Å². The molecule has 0 fully saturated rings. The first-order valence-electron chi connectivity index (χ1n) is 14.5. The second-order valence-corrected chi connectivity index (χ2v) is 10.4. The van der Waals surface area contributed by atoms with Crippen LogP contribution in [0.2, 0.25) is 0 Å². The lowest BCUT2D eigenvalue weighted by Gasteiger charge is -2.17. The third-order valence-electron chi connectivity index (χ3n) is 6.63. The van der Waals surface area contributed by atoms with Gasteiger partial charge in [0, 0.05) is 52.7 Å². The molecule has 0 saturated heterocycles. The normalized spacial score (nSPS) is 12.9. The predicted octanol–water partition coefficient (Wildman–Crippen LogP) is 3.47. The smallest absolute Gasteiger partial charge is 0.261 e. The van der Waals surface area contributed by atoms with E-state index in [4.69, 9.17) is 15.4 Å². The van der Waals surface area contributed by atoms with Crippen LogP contribution in [0.15, 0.2) is 48.5 Å². The summed E-state index contributed by atoms with van der Waals surface area (Å²) >= 11 is 3.28. The third-order valence-corrected chi connectivity index (χ3v) is 7.19. The average molecular weight is 712 g/mol. The van der Waals surface area contributed by atoms with Gasteiger partial charge >= 0.3 is 0 Å². The fourth-order valence-electron chi connectivity index (χ4n) is 4.05. The predicted molar refractivity (Wildman–Crippen MR) is 182 cm³/mol. The van der Waals surface area contributed by atoms with Gasteiger partial charge in [0.15, 0.2) is 0 Å². The van der Waals surface area contributed by atoms with Crippen molar-refractivity contribution in [2.45, 2.75) is 26.7 Å². The number of benzene rings is 2. The van der Waals surface area contributed by atoms with E-state index < -0.39 is 0 Å². The molecule has 0 saturated carbocycles. The van der Waals surface area contributed by atoms with Gasteiger partial charge < -0.3 is 20.2 Å². The number of alkyl halides is 1. The largest absolute Gasteiger partial charge is 0.330 e. The zero-order valence-corrected chi connectivity index (χ0v) is 28.7. The fourth-order valence-corrected chi connectivity index (χ4v) is 4.30. The SMILES string of the molecule is C.CNOC.CON(C)CCCN.CON(C)CCCN1C(=O)c2ccccc2C1=O.O=C1c2ccccc2C(=O)N1CCCBr. The van der Waals surface area contributed by atoms with Gasteiger partial charge in [0.05, 0.1) is 43.6 Å². The number of hydrogen-bond acceptors (Lipinski definition) is 11. The first-order chi connectivity index (χ1) is 21.6. The van der Waals surface area contributed by atoms with Crippen LogP contribution in [-0.2, 0) is 14.5 Å². The quantitative estimate of drug-likeness (QED) is 0.179. The number of halogens is 1. The topological polar surface area (TPSA) is 147 Å². The number of rotatable bonds is 13. The second kappa shape index (κ2) is 24.1. The Morgan fingerprint density at radius 3 is 1.30 bits per heavy atom. The van der Waals surface area contributed by atoms with Crippen molar-refractivity contribution >= 4 is 39.6 Å². The van der Waals surface area contributed by atoms with E-state index in [1.807, 2.05) is 14.1 Å². The maximum Gasteiger partial charge on any atom is 0.261 e. The Kier molecular flexibility index (Phi) is 22.5. The molecule has 2 aliphatic heterocycles. The van der Waals surface area contributed by atoms with Gasteiger partial charge in [-0.05, 0) is 50.1 Å². The van der Waals surface area contributed by atoms with E-state index >= 15 is 0 Å². The number of hydroxylamine groups is 5. The zero-order valence-electron chi connectivity index (χ0n) is 27.1. The summed E-state index contributed by atoms with van der Waals surface area (Å²) in [5, 5.41) is 4.21. The summed E-state index contributed by atoms with van der Waals surface area (Å²) in [6.07, 6.45) is 2.46. The van der Waals surface area contributed by atoms with E-state index in [0.29, 0.717) is 48.3 Å². The molecule has 258 valence electrons. The molecule has 2 aromatic rings. The van der Waals surface area contributed by atoms with Crippen molar-refractivity contribution < 1.29 is 33.7 Å². The number of amides is 4. The van der Waals surface area contributed by atoms with Crippen molar-refractivity contribution in [2.24, 2.45) is 5.73 Å². The zero-order chi connectivity index (χ0) is 33.8. The molecule has 0 unspecified atom stereocenters. The van der Waals surface area contributed by atoms with Crippen LogP contribution in [0.1, 0.15) is 68.1 Å². The van der Waals surface area contributed by atoms with Gasteiger partial charge in [-0.2, -0.15) is 10.1 Å². The highest BCUT2D eigenvalue weighted by Gasteiger charge is 2.35. The molecule has 46 heavy (non-hydrogen) atoms. The molecule has 2 aromatic carbocycles. The van der Waals surface area contributed by atoms with Crippen LogP contribution >= 0.6 is 15.9 Å². The average Bonchev–Trinajstić information content (AvgIpc) is 3.46. The van der Waals surface area contributed by atoms with Gasteiger partial charge in [0.2, 0.25) is 0 Å². The number of nitrogens with two attached hydrogens (primary N) is 1. The Morgan fingerprint density at radius 2 is 1.02 bits per heavy atom. The van der Waals surface area contributed by atoms with Crippen LogP contribution in [0.5, 0.6) is 0 Å². The molecule has 0 spiro atoms. The Hall–Kier alpha value is -3.08. The minimum Gasteiger partial charge on any atom is -0.330 e. The molecule has 0 aliphatic carbocycles. The molecule has 4 rings (SSSR count). The number of fused-ring (bicyclic) bond motifs is 2. The van der Waals surface area contributed by atoms with Crippen molar-refractivity contribution in [1.82, 2.24) is 25.4 Å². The summed E-state index contributed by atoms with van der Waals surface area (Å²) in [5.41, 5.74) is 9.73. The number of carbonyl (C=O) groups excluding carboxylic acids is 4. The summed E-state index contributed by atoms with van der Waals surface area (Å²) < 4.78 is 0. The number of imide groups is 2. The van der Waals surface area contributed by atoms with Crippen LogP contribution < -0.4 is 11.2 Å². The van der Waals surface area contributed by atoms with E-state index in [1.54, 1.807) is 87.0 Å². The maximum absolute atomic E-state index is 12.0. The highest BCUT2D eigenvalue weighted by Crippen LogP contribution is 2.23. The van der Waals surface area contributed by atoms with Gasteiger partial charge in [-0.1, -0.05) is 47.6 Å². The molecular weight excluding hydrogens is 660 g/mol. The maximum atomic E-state index is 12.0. The van der Waals surface area contributed by atoms with Crippen molar-refractivity contribution in [3.63, 3.8) is 0 Å². The monoisotopic (exact) mass is 710 g/mol. The summed E-state index contributed by atoms with van der Waals surface area (Å²) in [6, 6.07) is 13.9. The summed E-state index contributed by atoms with van der Waals surface area (Å²) in [7, 11) is 10.2. The minimum absolute atomic E-state index is 0. The first-order valence-corrected chi connectivity index (χ1v) is 15.6. The van der Waals surface area contributed by atoms with Crippen molar-refractivity contribution in [3.05, 3.63) is 70.8 Å². The van der Waals surface area contributed by atoms with E-state index in [-0.39, 0.29) is 31.1 Å². The lowest BCUT2D eigenvalue weighted by atomic mass is 10.1. The molecule has 13 nitrogen and oxygen atoms in total. The van der Waals surface area contributed by atoms with E-state index in [1.165, 1.54) is 9.80 Å². The molecule has 0 bridgehead atoms. The third kappa shape index (κ3) is 13.3. The van der Waals surface area contributed by atoms with Crippen molar-refractivity contribution in [3.8, 4) is 0 Å². The highest BCUT2D eigenvalue weighted by atomic mass is 79.9. The molecule has 0 aromatic heterocycles. The highest BCUT2D eigenvalue weighted by molar-refractivity contribution is 9.09. The molecular formula is C32H51BrN6O7. The van der Waals surface area contributed by atoms with Gasteiger partial charge in [0.1, 0.15) is 0 Å². The van der Waals surface area contributed by atoms with Crippen molar-refractivity contribution in [1.29, 1.82) is 0 Å². The molecule has 2 heterocycles. The lowest BCUT2D eigenvalue weighted by molar-refractivity contribution is -0.109. The second-order valence-electron chi connectivity index (χ2n) is 9.63. The van der Waals surface area contributed by atoms with Crippen molar-refractivity contribution in [2.75, 3.05) is 80.5 Å². The Balaban J connectivity index is 0.000000653. The Morgan fingerprint density at radius 1 is 0.696 bits per heavy atom. The van der Waals surface area contributed by atoms with Crippen LogP contribution in [0.3, 0.4) is 0 Å². The molecule has 14 heteroatoms. The molecule has 2 aliphatic rings. The minimum atomic E-state index is -0.198. The van der Waals surface area contributed by atoms with Gasteiger partial charge in [-0.15, -0.1) is 0 Å².